The smallest absolute Gasteiger partial charge is 0.270 e. The fraction of sp³-hybridized carbons (Fsp3) is 0.483. The molecule has 0 unspecified atom stereocenters. The van der Waals surface area contributed by atoms with Crippen LogP contribution in [0.1, 0.15) is 47.1 Å². The number of halogens is 1. The van der Waals surface area contributed by atoms with E-state index in [2.05, 4.69) is 30.6 Å². The Balaban J connectivity index is 1.08. The van der Waals surface area contributed by atoms with Gasteiger partial charge < -0.3 is 25.4 Å². The van der Waals surface area contributed by atoms with E-state index in [0.717, 1.165) is 42.6 Å². The zero-order valence-corrected chi connectivity index (χ0v) is 24.7. The summed E-state index contributed by atoms with van der Waals surface area (Å²) in [6, 6.07) is 7.59. The SMILES string of the molecule is CC(=O)N1CCC(Nc2cc(C(=O)NC[C@H](O)CN3CCc4c(ccc(OCc5ccnn5C)c4Cl)C3)ncn2)CC1. The Morgan fingerprint density at radius 3 is 2.74 bits per heavy atom. The minimum Gasteiger partial charge on any atom is -0.486 e. The van der Waals surface area contributed by atoms with E-state index >= 15 is 0 Å². The van der Waals surface area contributed by atoms with Crippen LogP contribution in [0.15, 0.2) is 36.8 Å². The Morgan fingerprint density at radius 2 is 2.00 bits per heavy atom. The summed E-state index contributed by atoms with van der Waals surface area (Å²) in [4.78, 5) is 36.6. The Bertz CT molecular complexity index is 1410. The normalized spacial score (nSPS) is 16.5. The molecule has 3 N–H and O–H groups in total. The van der Waals surface area contributed by atoms with Gasteiger partial charge in [-0.25, -0.2) is 9.97 Å². The maximum absolute atomic E-state index is 12.8. The third kappa shape index (κ3) is 7.36. The van der Waals surface area contributed by atoms with E-state index in [9.17, 15) is 14.7 Å². The molecule has 12 nitrogen and oxygen atoms in total. The van der Waals surface area contributed by atoms with E-state index in [0.29, 0.717) is 49.4 Å². The predicted octanol–water partition coefficient (Wildman–Crippen LogP) is 2.01. The second kappa shape index (κ2) is 13.5. The Labute approximate surface area is 250 Å². The molecule has 0 bridgehead atoms. The van der Waals surface area contributed by atoms with Gasteiger partial charge in [0.05, 0.1) is 16.8 Å². The van der Waals surface area contributed by atoms with Crippen molar-refractivity contribution in [3.8, 4) is 5.75 Å². The van der Waals surface area contributed by atoms with E-state index in [4.69, 9.17) is 16.3 Å². The molecular formula is C29H37ClN8O4. The van der Waals surface area contributed by atoms with Crippen molar-refractivity contribution in [3.05, 3.63) is 64.3 Å². The van der Waals surface area contributed by atoms with Crippen molar-refractivity contribution < 1.29 is 19.4 Å². The largest absolute Gasteiger partial charge is 0.486 e. The van der Waals surface area contributed by atoms with Crippen LogP contribution in [0.5, 0.6) is 5.75 Å². The number of anilines is 1. The summed E-state index contributed by atoms with van der Waals surface area (Å²) in [5.41, 5.74) is 3.35. The van der Waals surface area contributed by atoms with Crippen LogP contribution in [0.2, 0.25) is 5.02 Å². The van der Waals surface area contributed by atoms with Gasteiger partial charge in [0.2, 0.25) is 5.91 Å². The number of aliphatic hydroxyl groups is 1. The lowest BCUT2D eigenvalue weighted by Crippen LogP contribution is -2.42. The van der Waals surface area contributed by atoms with Gasteiger partial charge in [-0.3, -0.25) is 19.2 Å². The van der Waals surface area contributed by atoms with E-state index in [1.54, 1.807) is 23.9 Å². The molecule has 1 fully saturated rings. The molecule has 0 spiro atoms. The number of nitrogens with one attached hydrogen (secondary N) is 2. The van der Waals surface area contributed by atoms with Gasteiger partial charge in [0, 0.05) is 71.5 Å². The van der Waals surface area contributed by atoms with Crippen LogP contribution in [0.4, 0.5) is 5.82 Å². The zero-order valence-electron chi connectivity index (χ0n) is 23.9. The van der Waals surface area contributed by atoms with Gasteiger partial charge in [0.1, 0.15) is 30.2 Å². The van der Waals surface area contributed by atoms with Crippen LogP contribution < -0.4 is 15.4 Å². The number of β-amino-alcohol motifs (C(OH)–C–C–N with tert-alkyl or cyclic N) is 1. The summed E-state index contributed by atoms with van der Waals surface area (Å²) in [5, 5.41) is 21.6. The number of nitrogens with zero attached hydrogens (tertiary/aromatic N) is 6. The summed E-state index contributed by atoms with van der Waals surface area (Å²) in [5.74, 6) is 0.922. The first-order chi connectivity index (χ1) is 20.3. The van der Waals surface area contributed by atoms with E-state index in [1.165, 1.54) is 6.33 Å². The number of aliphatic hydroxyl groups excluding tert-OH is 1. The Hall–Kier alpha value is -3.74. The van der Waals surface area contributed by atoms with Gasteiger partial charge in [-0.1, -0.05) is 17.7 Å². The van der Waals surface area contributed by atoms with Crippen molar-refractivity contribution in [1.82, 2.24) is 34.9 Å². The topological polar surface area (TPSA) is 138 Å². The number of hydrogen-bond acceptors (Lipinski definition) is 9. The van der Waals surface area contributed by atoms with Gasteiger partial charge in [0.25, 0.3) is 5.91 Å². The molecule has 4 heterocycles. The molecule has 3 aromatic rings. The highest BCUT2D eigenvalue weighted by Gasteiger charge is 2.24. The maximum atomic E-state index is 12.8. The molecule has 1 aromatic carbocycles. The summed E-state index contributed by atoms with van der Waals surface area (Å²) in [7, 11) is 1.87. The molecule has 0 aliphatic carbocycles. The molecule has 13 heteroatoms. The van der Waals surface area contributed by atoms with E-state index in [-0.39, 0.29) is 30.1 Å². The standard InChI is InChI=1S/C29H37ClN8O4/c1-19(39)38-11-6-21(7-12-38)35-27-13-25(32-18-33-27)29(41)31-14-23(40)16-37-10-8-24-20(15-37)3-4-26(28(24)30)42-17-22-5-9-34-36(22)2/h3-5,9,13,18,21,23,40H,6-8,10-12,14-17H2,1-2H3,(H,31,41)(H,32,33,35)/t23-/m0/s1. The molecule has 2 aromatic heterocycles. The maximum Gasteiger partial charge on any atom is 0.270 e. The van der Waals surface area contributed by atoms with Crippen molar-refractivity contribution in [1.29, 1.82) is 0 Å². The average Bonchev–Trinajstić information content (AvgIpc) is 3.40. The minimum absolute atomic E-state index is 0.0863. The highest BCUT2D eigenvalue weighted by atomic mass is 35.5. The number of piperidine rings is 1. The lowest BCUT2D eigenvalue weighted by molar-refractivity contribution is -0.129. The number of likely N-dealkylation sites (tertiary alicyclic amines) is 1. The number of rotatable bonds is 10. The summed E-state index contributed by atoms with van der Waals surface area (Å²) in [6.07, 6.45) is 4.69. The van der Waals surface area contributed by atoms with Crippen LogP contribution in [-0.4, -0.2) is 91.3 Å². The van der Waals surface area contributed by atoms with Crippen LogP contribution in [0.3, 0.4) is 0 Å². The number of aromatic nitrogens is 4. The molecule has 2 amide bonds. The van der Waals surface area contributed by atoms with Gasteiger partial charge in [-0.05, 0) is 42.5 Å². The van der Waals surface area contributed by atoms with Crippen molar-refractivity contribution >= 4 is 29.2 Å². The molecule has 2 aliphatic heterocycles. The van der Waals surface area contributed by atoms with Crippen LogP contribution in [0.25, 0.3) is 0 Å². The second-order valence-electron chi connectivity index (χ2n) is 10.8. The molecule has 2 aliphatic rings. The van der Waals surface area contributed by atoms with Crippen molar-refractivity contribution in [3.63, 3.8) is 0 Å². The zero-order chi connectivity index (χ0) is 29.6. The summed E-state index contributed by atoms with van der Waals surface area (Å²) >= 11 is 6.69. The number of benzene rings is 1. The fourth-order valence-electron chi connectivity index (χ4n) is 5.38. The van der Waals surface area contributed by atoms with Gasteiger partial charge in [-0.2, -0.15) is 5.10 Å². The number of carbonyl (C=O) groups is 2. The van der Waals surface area contributed by atoms with Crippen molar-refractivity contribution in [2.24, 2.45) is 7.05 Å². The fourth-order valence-corrected chi connectivity index (χ4v) is 5.72. The second-order valence-corrected chi connectivity index (χ2v) is 11.2. The Morgan fingerprint density at radius 1 is 1.19 bits per heavy atom. The number of ether oxygens (including phenoxy) is 1. The number of carbonyl (C=O) groups excluding carboxylic acids is 2. The van der Waals surface area contributed by atoms with E-state index < -0.39 is 6.10 Å². The summed E-state index contributed by atoms with van der Waals surface area (Å²) < 4.78 is 7.72. The first-order valence-corrected chi connectivity index (χ1v) is 14.6. The molecular weight excluding hydrogens is 560 g/mol. The number of amides is 2. The third-order valence-corrected chi connectivity index (χ3v) is 8.25. The van der Waals surface area contributed by atoms with Crippen molar-refractivity contribution in [2.75, 3.05) is 38.0 Å². The van der Waals surface area contributed by atoms with E-state index in [1.807, 2.05) is 30.1 Å². The molecule has 42 heavy (non-hydrogen) atoms. The van der Waals surface area contributed by atoms with Gasteiger partial charge >= 0.3 is 0 Å². The summed E-state index contributed by atoms with van der Waals surface area (Å²) in [6.45, 7) is 5.24. The first kappa shape index (κ1) is 29.7. The first-order valence-electron chi connectivity index (χ1n) is 14.2. The third-order valence-electron chi connectivity index (χ3n) is 7.83. The van der Waals surface area contributed by atoms with Crippen molar-refractivity contribution in [2.45, 2.75) is 51.5 Å². The van der Waals surface area contributed by atoms with Crippen LogP contribution in [-0.2, 0) is 31.4 Å². The Kier molecular flexibility index (Phi) is 9.55. The highest BCUT2D eigenvalue weighted by Crippen LogP contribution is 2.34. The molecule has 1 saturated heterocycles. The lowest BCUT2D eigenvalue weighted by Gasteiger charge is -2.32. The molecule has 5 rings (SSSR count). The van der Waals surface area contributed by atoms with Crippen LogP contribution in [0, 0.1) is 0 Å². The number of aryl methyl sites for hydroxylation is 1. The quantitative estimate of drug-likeness (QED) is 0.321. The number of fused-ring (bicyclic) bond motifs is 1. The minimum atomic E-state index is -0.752. The lowest BCUT2D eigenvalue weighted by atomic mass is 9.99. The average molecular weight is 597 g/mol. The monoisotopic (exact) mass is 596 g/mol. The molecule has 224 valence electrons. The number of hydrogen-bond donors (Lipinski definition) is 3. The molecule has 1 atom stereocenters. The van der Waals surface area contributed by atoms with Gasteiger partial charge in [0.15, 0.2) is 0 Å². The highest BCUT2D eigenvalue weighted by molar-refractivity contribution is 6.33. The van der Waals surface area contributed by atoms with Gasteiger partial charge in [-0.15, -0.1) is 0 Å². The van der Waals surface area contributed by atoms with Crippen LogP contribution >= 0.6 is 11.6 Å². The molecule has 0 saturated carbocycles. The predicted molar refractivity (Wildman–Crippen MR) is 157 cm³/mol. The molecule has 0 radical (unpaired) electrons.